The lowest BCUT2D eigenvalue weighted by Crippen LogP contribution is -1.80. The minimum absolute atomic E-state index is 0.262. The monoisotopic (exact) mass is 306 g/mol. The lowest BCUT2D eigenvalue weighted by Gasteiger charge is -1.96. The molecule has 0 unspecified atom stereocenters. The molecule has 0 saturated carbocycles. The van der Waals surface area contributed by atoms with Crippen LogP contribution in [0, 0.1) is 12.7 Å². The van der Waals surface area contributed by atoms with Gasteiger partial charge >= 0.3 is 0 Å². The topological polar surface area (TPSA) is 38.9 Å². The maximum atomic E-state index is 12.9. The van der Waals surface area contributed by atoms with Crippen LogP contribution in [-0.2, 0) is 5.75 Å². The number of aryl methyl sites for hydroxylation is 1. The third kappa shape index (κ3) is 3.08. The molecular weight excluding hydrogens is 295 g/mol. The largest absolute Gasteiger partial charge is 0.431 e. The van der Waals surface area contributed by atoms with Gasteiger partial charge in [-0.15, -0.1) is 11.3 Å². The number of thioether (sulfide) groups is 1. The van der Waals surface area contributed by atoms with Gasteiger partial charge in [0.25, 0.3) is 5.22 Å². The summed E-state index contributed by atoms with van der Waals surface area (Å²) in [6.07, 6.45) is 1.65. The zero-order chi connectivity index (χ0) is 13.9. The zero-order valence-electron chi connectivity index (χ0n) is 10.7. The number of hydrogen-bond acceptors (Lipinski definition) is 5. The average molecular weight is 306 g/mol. The van der Waals surface area contributed by atoms with E-state index in [1.165, 1.54) is 23.9 Å². The maximum absolute atomic E-state index is 12.9. The van der Waals surface area contributed by atoms with E-state index >= 15 is 0 Å². The molecule has 3 nitrogen and oxygen atoms in total. The number of rotatable bonds is 4. The van der Waals surface area contributed by atoms with Crippen LogP contribution in [0.3, 0.4) is 0 Å². The fourth-order valence-corrected chi connectivity index (χ4v) is 3.10. The van der Waals surface area contributed by atoms with Gasteiger partial charge in [-0.05, 0) is 31.2 Å². The molecule has 1 aromatic carbocycles. The van der Waals surface area contributed by atoms with E-state index in [9.17, 15) is 4.39 Å². The van der Waals surface area contributed by atoms with Gasteiger partial charge in [0.2, 0.25) is 0 Å². The van der Waals surface area contributed by atoms with Crippen LogP contribution in [0.15, 0.2) is 45.5 Å². The van der Waals surface area contributed by atoms with E-state index in [4.69, 9.17) is 4.42 Å². The van der Waals surface area contributed by atoms with Crippen molar-refractivity contribution in [2.75, 3.05) is 0 Å². The van der Waals surface area contributed by atoms with Gasteiger partial charge in [-0.3, -0.25) is 0 Å². The maximum Gasteiger partial charge on any atom is 0.256 e. The van der Waals surface area contributed by atoms with E-state index < -0.39 is 0 Å². The van der Waals surface area contributed by atoms with Crippen molar-refractivity contribution >= 4 is 23.1 Å². The van der Waals surface area contributed by atoms with E-state index in [1.54, 1.807) is 29.7 Å². The summed E-state index contributed by atoms with van der Waals surface area (Å²) in [6.45, 7) is 1.98. The fourth-order valence-electron chi connectivity index (χ4n) is 1.68. The van der Waals surface area contributed by atoms with Crippen LogP contribution < -0.4 is 0 Å². The molecule has 102 valence electrons. The van der Waals surface area contributed by atoms with Crippen molar-refractivity contribution in [3.05, 3.63) is 52.4 Å². The van der Waals surface area contributed by atoms with Crippen molar-refractivity contribution in [1.29, 1.82) is 0 Å². The molecule has 0 N–H and O–H groups in total. The SMILES string of the molecule is Cc1nc(CSc2ncc(-c3ccc(F)cc3)o2)cs1. The summed E-state index contributed by atoms with van der Waals surface area (Å²) in [4.78, 5) is 8.60. The van der Waals surface area contributed by atoms with Crippen LogP contribution in [0.2, 0.25) is 0 Å². The van der Waals surface area contributed by atoms with Crippen molar-refractivity contribution < 1.29 is 8.81 Å². The number of thiazole rings is 1. The molecule has 6 heteroatoms. The normalized spacial score (nSPS) is 10.9. The Morgan fingerprint density at radius 2 is 2.10 bits per heavy atom. The highest BCUT2D eigenvalue weighted by Gasteiger charge is 2.08. The van der Waals surface area contributed by atoms with Crippen LogP contribution >= 0.6 is 23.1 Å². The number of halogens is 1. The molecule has 0 saturated heterocycles. The third-order valence-corrected chi connectivity index (χ3v) is 4.32. The van der Waals surface area contributed by atoms with Crippen LogP contribution in [0.5, 0.6) is 0 Å². The number of aromatic nitrogens is 2. The summed E-state index contributed by atoms with van der Waals surface area (Å²) in [5.41, 5.74) is 1.84. The summed E-state index contributed by atoms with van der Waals surface area (Å²) < 4.78 is 18.5. The van der Waals surface area contributed by atoms with Gasteiger partial charge in [0.1, 0.15) is 5.82 Å². The van der Waals surface area contributed by atoms with Crippen molar-refractivity contribution in [3.63, 3.8) is 0 Å². The Kier molecular flexibility index (Phi) is 3.84. The quantitative estimate of drug-likeness (QED) is 0.663. The Balaban J connectivity index is 1.69. The van der Waals surface area contributed by atoms with E-state index in [0.717, 1.165) is 22.0 Å². The van der Waals surface area contributed by atoms with Gasteiger partial charge in [0, 0.05) is 16.7 Å². The summed E-state index contributed by atoms with van der Waals surface area (Å²) in [5.74, 6) is 1.11. The second-order valence-corrected chi connectivity index (χ2v) is 6.13. The number of oxazole rings is 1. The Morgan fingerprint density at radius 1 is 1.30 bits per heavy atom. The summed E-state index contributed by atoms with van der Waals surface area (Å²) >= 11 is 3.13. The van der Waals surface area contributed by atoms with Crippen molar-refractivity contribution in [3.8, 4) is 11.3 Å². The molecule has 0 bridgehead atoms. The predicted molar refractivity (Wildman–Crippen MR) is 78.3 cm³/mol. The standard InChI is InChI=1S/C14H11FN2OS2/c1-9-17-12(7-19-9)8-20-14-16-6-13(18-14)10-2-4-11(15)5-3-10/h2-7H,8H2,1H3. The molecule has 2 aromatic heterocycles. The van der Waals surface area contributed by atoms with Gasteiger partial charge in [-0.25, -0.2) is 14.4 Å². The zero-order valence-corrected chi connectivity index (χ0v) is 12.3. The van der Waals surface area contributed by atoms with Crippen LogP contribution in [-0.4, -0.2) is 9.97 Å². The molecule has 3 rings (SSSR count). The molecule has 0 amide bonds. The molecule has 3 aromatic rings. The molecule has 0 atom stereocenters. The fraction of sp³-hybridized carbons (Fsp3) is 0.143. The van der Waals surface area contributed by atoms with E-state index in [2.05, 4.69) is 9.97 Å². The van der Waals surface area contributed by atoms with E-state index in [0.29, 0.717) is 11.0 Å². The predicted octanol–water partition coefficient (Wildman–Crippen LogP) is 4.54. The highest BCUT2D eigenvalue weighted by molar-refractivity contribution is 7.98. The molecule has 0 radical (unpaired) electrons. The highest BCUT2D eigenvalue weighted by Crippen LogP contribution is 2.27. The van der Waals surface area contributed by atoms with Crippen LogP contribution in [0.1, 0.15) is 10.7 Å². The first-order valence-corrected chi connectivity index (χ1v) is 7.83. The average Bonchev–Trinajstić information content (AvgIpc) is 3.06. The molecular formula is C14H11FN2OS2. The summed E-state index contributed by atoms with van der Waals surface area (Å²) in [7, 11) is 0. The Bertz CT molecular complexity index is 706. The lowest BCUT2D eigenvalue weighted by molar-refractivity contribution is 0.466. The first-order chi connectivity index (χ1) is 9.70. The smallest absolute Gasteiger partial charge is 0.256 e. The minimum atomic E-state index is -0.262. The molecule has 0 aliphatic carbocycles. The number of benzene rings is 1. The van der Waals surface area contributed by atoms with E-state index in [1.807, 2.05) is 12.3 Å². The van der Waals surface area contributed by atoms with Crippen molar-refractivity contribution in [2.45, 2.75) is 17.9 Å². The van der Waals surface area contributed by atoms with Gasteiger partial charge < -0.3 is 4.42 Å². The van der Waals surface area contributed by atoms with E-state index in [-0.39, 0.29) is 5.82 Å². The Labute approximate surface area is 123 Å². The van der Waals surface area contributed by atoms with Gasteiger partial charge in [0.15, 0.2) is 5.76 Å². The molecule has 20 heavy (non-hydrogen) atoms. The third-order valence-electron chi connectivity index (χ3n) is 2.62. The number of hydrogen-bond donors (Lipinski definition) is 0. The summed E-state index contributed by atoms with van der Waals surface area (Å²) in [5, 5.41) is 3.68. The molecule has 0 aliphatic rings. The Hall–Kier alpha value is -1.66. The highest BCUT2D eigenvalue weighted by atomic mass is 32.2. The van der Waals surface area contributed by atoms with Crippen molar-refractivity contribution in [2.24, 2.45) is 0 Å². The molecule has 2 heterocycles. The van der Waals surface area contributed by atoms with Crippen molar-refractivity contribution in [1.82, 2.24) is 9.97 Å². The number of nitrogens with zero attached hydrogens (tertiary/aromatic N) is 2. The molecule has 0 aliphatic heterocycles. The molecule has 0 spiro atoms. The first-order valence-electron chi connectivity index (χ1n) is 5.96. The second-order valence-electron chi connectivity index (χ2n) is 4.14. The van der Waals surface area contributed by atoms with Crippen LogP contribution in [0.25, 0.3) is 11.3 Å². The summed E-state index contributed by atoms with van der Waals surface area (Å²) in [6, 6.07) is 6.16. The van der Waals surface area contributed by atoms with Gasteiger partial charge in [0.05, 0.1) is 16.9 Å². The second kappa shape index (κ2) is 5.76. The minimum Gasteiger partial charge on any atom is -0.431 e. The molecule has 0 fully saturated rings. The Morgan fingerprint density at radius 3 is 2.80 bits per heavy atom. The van der Waals surface area contributed by atoms with Gasteiger partial charge in [-0.2, -0.15) is 0 Å². The first kappa shape index (κ1) is 13.3. The van der Waals surface area contributed by atoms with Crippen LogP contribution in [0.4, 0.5) is 4.39 Å². The van der Waals surface area contributed by atoms with Gasteiger partial charge in [-0.1, -0.05) is 11.8 Å². The lowest BCUT2D eigenvalue weighted by atomic mass is 10.2.